The molecule has 0 aliphatic heterocycles. The van der Waals surface area contributed by atoms with Crippen molar-refractivity contribution in [2.24, 2.45) is 0 Å². The molecule has 0 radical (unpaired) electrons. The minimum Gasteiger partial charge on any atom is -0.326 e. The number of pyridine rings is 1. The summed E-state index contributed by atoms with van der Waals surface area (Å²) in [6, 6.07) is 19.6. The Hall–Kier alpha value is -4.04. The van der Waals surface area contributed by atoms with Crippen molar-refractivity contribution in [3.05, 3.63) is 90.2 Å². The van der Waals surface area contributed by atoms with Crippen LogP contribution in [-0.4, -0.2) is 21.9 Å². The van der Waals surface area contributed by atoms with Gasteiger partial charge in [-0.2, -0.15) is 0 Å². The lowest BCUT2D eigenvalue weighted by Gasteiger charge is -2.09. The van der Waals surface area contributed by atoms with Gasteiger partial charge in [-0.25, -0.2) is 9.78 Å². The van der Waals surface area contributed by atoms with E-state index in [0.29, 0.717) is 22.8 Å². The summed E-state index contributed by atoms with van der Waals surface area (Å²) in [6.07, 6.45) is 3.64. The van der Waals surface area contributed by atoms with Gasteiger partial charge in [0.05, 0.1) is 12.1 Å². The number of rotatable bonds is 6. The Kier molecular flexibility index (Phi) is 6.29. The molecular weight excluding hydrogens is 410 g/mol. The van der Waals surface area contributed by atoms with Crippen molar-refractivity contribution < 1.29 is 9.59 Å². The second-order valence-corrected chi connectivity index (χ2v) is 7.49. The SMILES string of the molecule is O=C(Cc1csc(-c2cccnc2)n1)Nc1ccc(NC(=O)Nc2ccccc2)cc1. The van der Waals surface area contributed by atoms with Crippen LogP contribution in [0, 0.1) is 0 Å². The van der Waals surface area contributed by atoms with Gasteiger partial charge in [-0.3, -0.25) is 9.78 Å². The van der Waals surface area contributed by atoms with Gasteiger partial charge in [0, 0.05) is 40.4 Å². The molecule has 0 bridgehead atoms. The highest BCUT2D eigenvalue weighted by atomic mass is 32.1. The van der Waals surface area contributed by atoms with Gasteiger partial charge in [0.1, 0.15) is 5.01 Å². The first-order chi connectivity index (χ1) is 15.2. The van der Waals surface area contributed by atoms with Gasteiger partial charge >= 0.3 is 6.03 Å². The molecule has 31 heavy (non-hydrogen) atoms. The minimum absolute atomic E-state index is 0.162. The molecule has 0 aliphatic carbocycles. The molecule has 3 amide bonds. The zero-order valence-electron chi connectivity index (χ0n) is 16.4. The van der Waals surface area contributed by atoms with E-state index < -0.39 is 0 Å². The predicted octanol–water partition coefficient (Wildman–Crippen LogP) is 5.03. The summed E-state index contributed by atoms with van der Waals surface area (Å²) in [5.41, 5.74) is 3.60. The number of amides is 3. The van der Waals surface area contributed by atoms with Crippen LogP contribution in [0.1, 0.15) is 5.69 Å². The number of nitrogens with zero attached hydrogens (tertiary/aromatic N) is 2. The minimum atomic E-state index is -0.337. The van der Waals surface area contributed by atoms with E-state index in [4.69, 9.17) is 0 Å². The molecular formula is C23H19N5O2S. The topological polar surface area (TPSA) is 96.0 Å². The molecule has 4 aromatic rings. The van der Waals surface area contributed by atoms with Crippen LogP contribution < -0.4 is 16.0 Å². The molecule has 3 N–H and O–H groups in total. The maximum atomic E-state index is 12.4. The number of hydrogen-bond acceptors (Lipinski definition) is 5. The van der Waals surface area contributed by atoms with Crippen molar-refractivity contribution in [2.45, 2.75) is 6.42 Å². The van der Waals surface area contributed by atoms with Crippen molar-refractivity contribution in [1.82, 2.24) is 9.97 Å². The van der Waals surface area contributed by atoms with Gasteiger partial charge in [-0.15, -0.1) is 11.3 Å². The van der Waals surface area contributed by atoms with Crippen molar-refractivity contribution in [3.63, 3.8) is 0 Å². The quantitative estimate of drug-likeness (QED) is 0.400. The van der Waals surface area contributed by atoms with Crippen LogP contribution in [0.4, 0.5) is 21.9 Å². The normalized spacial score (nSPS) is 10.3. The summed E-state index contributed by atoms with van der Waals surface area (Å²) in [6.45, 7) is 0. The van der Waals surface area contributed by atoms with Crippen LogP contribution in [0.2, 0.25) is 0 Å². The summed E-state index contributed by atoms with van der Waals surface area (Å²) >= 11 is 1.48. The molecule has 8 heteroatoms. The summed E-state index contributed by atoms with van der Waals surface area (Å²) in [7, 11) is 0. The zero-order chi connectivity index (χ0) is 21.5. The van der Waals surface area contributed by atoms with E-state index in [1.807, 2.05) is 35.7 Å². The highest BCUT2D eigenvalue weighted by molar-refractivity contribution is 7.13. The van der Waals surface area contributed by atoms with Gasteiger partial charge in [0.2, 0.25) is 5.91 Å². The first kappa shape index (κ1) is 20.2. The van der Waals surface area contributed by atoms with Crippen molar-refractivity contribution >= 4 is 40.3 Å². The molecule has 0 saturated carbocycles. The fraction of sp³-hybridized carbons (Fsp3) is 0.0435. The second kappa shape index (κ2) is 9.64. The van der Waals surface area contributed by atoms with Crippen LogP contribution in [0.25, 0.3) is 10.6 Å². The molecule has 0 fully saturated rings. The van der Waals surface area contributed by atoms with E-state index in [1.54, 1.807) is 48.8 Å². The molecule has 0 atom stereocenters. The summed E-state index contributed by atoms with van der Waals surface area (Å²) in [5, 5.41) is 11.1. The third-order valence-corrected chi connectivity index (χ3v) is 5.20. The number of carbonyl (C=O) groups is 2. The molecule has 4 rings (SSSR count). The molecule has 2 aromatic carbocycles. The molecule has 0 spiro atoms. The van der Waals surface area contributed by atoms with Gasteiger partial charge in [-0.05, 0) is 48.5 Å². The zero-order valence-corrected chi connectivity index (χ0v) is 17.2. The standard InChI is InChI=1S/C23H19N5O2S/c29-21(13-20-15-31-22(26-20)16-5-4-12-24-14-16)25-18-8-10-19(11-9-18)28-23(30)27-17-6-2-1-3-7-17/h1-12,14-15H,13H2,(H,25,29)(H2,27,28,30). The Labute approximate surface area is 183 Å². The smallest absolute Gasteiger partial charge is 0.323 e. The first-order valence-corrected chi connectivity index (χ1v) is 10.4. The Morgan fingerprint density at radius 2 is 1.48 bits per heavy atom. The monoisotopic (exact) mass is 429 g/mol. The van der Waals surface area contributed by atoms with Crippen LogP contribution in [0.15, 0.2) is 84.5 Å². The summed E-state index contributed by atoms with van der Waals surface area (Å²) < 4.78 is 0. The van der Waals surface area contributed by atoms with Gasteiger partial charge in [0.15, 0.2) is 0 Å². The highest BCUT2D eigenvalue weighted by Gasteiger charge is 2.10. The number of aromatic nitrogens is 2. The molecule has 154 valence electrons. The van der Waals surface area contributed by atoms with E-state index in [1.165, 1.54) is 11.3 Å². The number of nitrogens with one attached hydrogen (secondary N) is 3. The lowest BCUT2D eigenvalue weighted by Crippen LogP contribution is -2.19. The molecule has 0 saturated heterocycles. The lowest BCUT2D eigenvalue weighted by molar-refractivity contribution is -0.115. The fourth-order valence-electron chi connectivity index (χ4n) is 2.83. The third kappa shape index (κ3) is 5.74. The van der Waals surface area contributed by atoms with Crippen molar-refractivity contribution in [1.29, 1.82) is 0 Å². The Bertz CT molecular complexity index is 1160. The van der Waals surface area contributed by atoms with Crippen LogP contribution >= 0.6 is 11.3 Å². The number of anilines is 3. The molecule has 2 heterocycles. The largest absolute Gasteiger partial charge is 0.326 e. The van der Waals surface area contributed by atoms with Crippen LogP contribution in [0.3, 0.4) is 0 Å². The number of hydrogen-bond donors (Lipinski definition) is 3. The predicted molar refractivity (Wildman–Crippen MR) is 123 cm³/mol. The number of carbonyl (C=O) groups excluding carboxylic acids is 2. The molecule has 0 unspecified atom stereocenters. The fourth-order valence-corrected chi connectivity index (χ4v) is 3.64. The van der Waals surface area contributed by atoms with Crippen molar-refractivity contribution in [3.8, 4) is 10.6 Å². The number of para-hydroxylation sites is 1. The number of urea groups is 1. The molecule has 2 aromatic heterocycles. The van der Waals surface area contributed by atoms with Crippen molar-refractivity contribution in [2.75, 3.05) is 16.0 Å². The summed E-state index contributed by atoms with van der Waals surface area (Å²) in [4.78, 5) is 33.0. The molecule has 7 nitrogen and oxygen atoms in total. The van der Waals surface area contributed by atoms with Gasteiger partial charge in [-0.1, -0.05) is 18.2 Å². The Balaban J connectivity index is 1.29. The van der Waals surface area contributed by atoms with E-state index in [-0.39, 0.29) is 18.4 Å². The van der Waals surface area contributed by atoms with E-state index >= 15 is 0 Å². The highest BCUT2D eigenvalue weighted by Crippen LogP contribution is 2.23. The number of benzene rings is 2. The number of thiazole rings is 1. The first-order valence-electron chi connectivity index (χ1n) is 9.53. The Morgan fingerprint density at radius 1 is 0.806 bits per heavy atom. The van der Waals surface area contributed by atoms with Gasteiger partial charge < -0.3 is 16.0 Å². The average molecular weight is 430 g/mol. The van der Waals surface area contributed by atoms with Crippen LogP contribution in [0.5, 0.6) is 0 Å². The lowest BCUT2D eigenvalue weighted by atomic mass is 10.2. The third-order valence-electron chi connectivity index (χ3n) is 4.26. The van der Waals surface area contributed by atoms with E-state index in [0.717, 1.165) is 10.6 Å². The Morgan fingerprint density at radius 3 is 2.16 bits per heavy atom. The van der Waals surface area contributed by atoms with Crippen LogP contribution in [-0.2, 0) is 11.2 Å². The maximum absolute atomic E-state index is 12.4. The van der Waals surface area contributed by atoms with E-state index in [2.05, 4.69) is 25.9 Å². The molecule has 0 aliphatic rings. The maximum Gasteiger partial charge on any atom is 0.323 e. The average Bonchev–Trinajstić information content (AvgIpc) is 3.25. The second-order valence-electron chi connectivity index (χ2n) is 6.63. The van der Waals surface area contributed by atoms with E-state index in [9.17, 15) is 9.59 Å². The van der Waals surface area contributed by atoms with Gasteiger partial charge in [0.25, 0.3) is 0 Å². The summed E-state index contributed by atoms with van der Waals surface area (Å²) in [5.74, 6) is -0.162.